The molecule has 0 aliphatic carbocycles. The summed E-state index contributed by atoms with van der Waals surface area (Å²) in [5.74, 6) is 0.879. The maximum absolute atomic E-state index is 5.33. The molecule has 1 saturated heterocycles. The van der Waals surface area contributed by atoms with Gasteiger partial charge in [0.2, 0.25) is 0 Å². The first-order chi connectivity index (χ1) is 13.8. The average Bonchev–Trinajstić information content (AvgIpc) is 3.49. The fraction of sp³-hybridized carbons (Fsp3) is 0.273. The molecule has 0 bridgehead atoms. The Bertz CT molecular complexity index is 1090. The average molecular weight is 391 g/mol. The second-order valence-corrected chi connectivity index (χ2v) is 8.12. The van der Waals surface area contributed by atoms with Crippen molar-refractivity contribution in [1.29, 1.82) is 0 Å². The van der Waals surface area contributed by atoms with E-state index < -0.39 is 0 Å². The van der Waals surface area contributed by atoms with Crippen molar-refractivity contribution in [3.05, 3.63) is 64.7 Å². The van der Waals surface area contributed by atoms with Gasteiger partial charge in [-0.15, -0.1) is 11.3 Å². The standard InChI is InChI=1S/C22H22N4OS/c1-27-19-7-6-15-11-17(5-4-16(15)12-19)21-18(13-24-25-21)14-26-9-2-3-20(26)22-23-8-10-28-22/h4-8,10-13,20H,2-3,9,14H2,1H3,(H,24,25)/t20-/m0/s1. The van der Waals surface area contributed by atoms with Crippen molar-refractivity contribution in [3.8, 4) is 17.0 Å². The first kappa shape index (κ1) is 17.4. The predicted molar refractivity (Wildman–Crippen MR) is 113 cm³/mol. The topological polar surface area (TPSA) is 54.0 Å². The number of hydrogen-bond acceptors (Lipinski definition) is 5. The zero-order valence-corrected chi connectivity index (χ0v) is 16.6. The number of fused-ring (bicyclic) bond motifs is 1. The minimum atomic E-state index is 0.423. The van der Waals surface area contributed by atoms with Crippen molar-refractivity contribution in [2.45, 2.75) is 25.4 Å². The summed E-state index contributed by atoms with van der Waals surface area (Å²) < 4.78 is 5.33. The highest BCUT2D eigenvalue weighted by atomic mass is 32.1. The smallest absolute Gasteiger partial charge is 0.119 e. The number of rotatable bonds is 5. The number of thiazole rings is 1. The van der Waals surface area contributed by atoms with E-state index >= 15 is 0 Å². The van der Waals surface area contributed by atoms with Crippen molar-refractivity contribution in [1.82, 2.24) is 20.1 Å². The Labute approximate surface area is 168 Å². The third-order valence-corrected chi connectivity index (χ3v) is 6.40. The van der Waals surface area contributed by atoms with Gasteiger partial charge in [0.15, 0.2) is 0 Å². The first-order valence-corrected chi connectivity index (χ1v) is 10.4. The minimum absolute atomic E-state index is 0.423. The number of aromatic amines is 1. The molecule has 0 radical (unpaired) electrons. The minimum Gasteiger partial charge on any atom is -0.497 e. The van der Waals surface area contributed by atoms with Gasteiger partial charge in [-0.2, -0.15) is 5.10 Å². The maximum Gasteiger partial charge on any atom is 0.119 e. The Hall–Kier alpha value is -2.70. The number of nitrogens with one attached hydrogen (secondary N) is 1. The normalized spacial score (nSPS) is 17.4. The van der Waals surface area contributed by atoms with Crippen molar-refractivity contribution >= 4 is 22.1 Å². The molecular weight excluding hydrogens is 368 g/mol. The van der Waals surface area contributed by atoms with Crippen LogP contribution in [0.3, 0.4) is 0 Å². The molecule has 1 aliphatic heterocycles. The van der Waals surface area contributed by atoms with Crippen molar-refractivity contribution < 1.29 is 4.74 Å². The van der Waals surface area contributed by atoms with Gasteiger partial charge in [-0.25, -0.2) is 4.98 Å². The van der Waals surface area contributed by atoms with Crippen LogP contribution in [0.15, 0.2) is 54.2 Å². The van der Waals surface area contributed by atoms with Gasteiger partial charge in [0.05, 0.1) is 25.0 Å². The summed E-state index contributed by atoms with van der Waals surface area (Å²) in [6.45, 7) is 1.99. The summed E-state index contributed by atoms with van der Waals surface area (Å²) in [4.78, 5) is 7.08. The van der Waals surface area contributed by atoms with Crippen molar-refractivity contribution in [3.63, 3.8) is 0 Å². The van der Waals surface area contributed by atoms with Gasteiger partial charge in [0.1, 0.15) is 10.8 Å². The van der Waals surface area contributed by atoms with E-state index in [4.69, 9.17) is 4.74 Å². The molecule has 0 amide bonds. The van der Waals surface area contributed by atoms with E-state index in [2.05, 4.69) is 55.8 Å². The third-order valence-electron chi connectivity index (χ3n) is 5.53. The molecule has 0 saturated carbocycles. The Morgan fingerprint density at radius 3 is 2.96 bits per heavy atom. The van der Waals surface area contributed by atoms with E-state index in [-0.39, 0.29) is 0 Å². The van der Waals surface area contributed by atoms with Crippen molar-refractivity contribution in [2.24, 2.45) is 0 Å². The third kappa shape index (κ3) is 3.19. The molecule has 5 rings (SSSR count). The quantitative estimate of drug-likeness (QED) is 0.519. The molecule has 1 fully saturated rings. The van der Waals surface area contributed by atoms with Crippen LogP contribution in [-0.2, 0) is 6.54 Å². The highest BCUT2D eigenvalue weighted by molar-refractivity contribution is 7.09. The predicted octanol–water partition coefficient (Wildman–Crippen LogP) is 5.03. The van der Waals surface area contributed by atoms with Crippen LogP contribution in [0, 0.1) is 0 Å². The number of ether oxygens (including phenoxy) is 1. The molecule has 142 valence electrons. The monoisotopic (exact) mass is 390 g/mol. The number of benzene rings is 2. The molecule has 1 N–H and O–H groups in total. The van der Waals surface area contributed by atoms with Gasteiger partial charge < -0.3 is 4.74 Å². The Kier molecular flexibility index (Phi) is 4.58. The van der Waals surface area contributed by atoms with Gasteiger partial charge in [0.25, 0.3) is 0 Å². The Morgan fingerprint density at radius 2 is 2.11 bits per heavy atom. The lowest BCUT2D eigenvalue weighted by Gasteiger charge is -2.22. The van der Waals surface area contributed by atoms with E-state index in [0.717, 1.165) is 30.1 Å². The van der Waals surface area contributed by atoms with E-state index in [1.165, 1.54) is 34.2 Å². The molecule has 0 unspecified atom stereocenters. The van der Waals surface area contributed by atoms with Crippen LogP contribution in [0.2, 0.25) is 0 Å². The van der Waals surface area contributed by atoms with Crippen molar-refractivity contribution in [2.75, 3.05) is 13.7 Å². The molecule has 0 spiro atoms. The number of nitrogens with zero attached hydrogens (tertiary/aromatic N) is 3. The van der Waals surface area contributed by atoms with E-state index in [0.29, 0.717) is 6.04 Å². The SMILES string of the molecule is COc1ccc2cc(-c3[nH]ncc3CN3CCC[C@H]3c3nccs3)ccc2c1. The first-order valence-electron chi connectivity index (χ1n) is 9.56. The second kappa shape index (κ2) is 7.37. The summed E-state index contributed by atoms with van der Waals surface area (Å²) >= 11 is 1.76. The number of likely N-dealkylation sites (tertiary alicyclic amines) is 1. The lowest BCUT2D eigenvalue weighted by molar-refractivity contribution is 0.248. The van der Waals surface area contributed by atoms with Crippen LogP contribution in [0.4, 0.5) is 0 Å². The molecule has 2 aromatic carbocycles. The number of H-pyrrole nitrogens is 1. The summed E-state index contributed by atoms with van der Waals surface area (Å²) in [6, 6.07) is 13.1. The molecular formula is C22H22N4OS. The van der Waals surface area contributed by atoms with Gasteiger partial charge in [-0.3, -0.25) is 10.00 Å². The highest BCUT2D eigenvalue weighted by Gasteiger charge is 2.28. The summed E-state index contributed by atoms with van der Waals surface area (Å²) in [6.07, 6.45) is 6.27. The molecule has 2 aromatic heterocycles. The van der Waals surface area contributed by atoms with Gasteiger partial charge in [-0.05, 0) is 48.4 Å². The van der Waals surface area contributed by atoms with Crippen LogP contribution in [0.25, 0.3) is 22.0 Å². The van der Waals surface area contributed by atoms with E-state index in [1.807, 2.05) is 18.5 Å². The summed E-state index contributed by atoms with van der Waals surface area (Å²) in [5.41, 5.74) is 3.49. The zero-order chi connectivity index (χ0) is 18.9. The molecule has 6 heteroatoms. The molecule has 28 heavy (non-hydrogen) atoms. The molecule has 1 atom stereocenters. The lowest BCUT2D eigenvalue weighted by Crippen LogP contribution is -2.22. The number of aromatic nitrogens is 3. The van der Waals surface area contributed by atoms with Gasteiger partial charge in [-0.1, -0.05) is 18.2 Å². The van der Waals surface area contributed by atoms with Crippen LogP contribution in [0.5, 0.6) is 5.75 Å². The van der Waals surface area contributed by atoms with Crippen LogP contribution in [-0.4, -0.2) is 33.7 Å². The molecule has 5 nitrogen and oxygen atoms in total. The fourth-order valence-electron chi connectivity index (χ4n) is 4.10. The molecule has 1 aliphatic rings. The highest BCUT2D eigenvalue weighted by Crippen LogP contribution is 2.35. The Morgan fingerprint density at radius 1 is 1.21 bits per heavy atom. The summed E-state index contributed by atoms with van der Waals surface area (Å²) in [5, 5.41) is 13.2. The number of methoxy groups -OCH3 is 1. The summed E-state index contributed by atoms with van der Waals surface area (Å²) in [7, 11) is 1.70. The van der Waals surface area contributed by atoms with E-state index in [1.54, 1.807) is 18.4 Å². The number of hydrogen-bond donors (Lipinski definition) is 1. The molecule has 3 heterocycles. The molecule has 4 aromatic rings. The lowest BCUT2D eigenvalue weighted by atomic mass is 10.0. The van der Waals surface area contributed by atoms with Gasteiger partial charge >= 0.3 is 0 Å². The second-order valence-electron chi connectivity index (χ2n) is 7.20. The fourth-order valence-corrected chi connectivity index (χ4v) is 4.91. The van der Waals surface area contributed by atoms with E-state index in [9.17, 15) is 0 Å². The van der Waals surface area contributed by atoms with Crippen LogP contribution in [0.1, 0.15) is 29.5 Å². The van der Waals surface area contributed by atoms with Crippen LogP contribution >= 0.6 is 11.3 Å². The van der Waals surface area contributed by atoms with Gasteiger partial charge in [0, 0.05) is 29.2 Å². The maximum atomic E-state index is 5.33. The Balaban J connectivity index is 1.44. The largest absolute Gasteiger partial charge is 0.497 e. The zero-order valence-electron chi connectivity index (χ0n) is 15.8. The van der Waals surface area contributed by atoms with Crippen LogP contribution < -0.4 is 4.74 Å².